The van der Waals surface area contributed by atoms with E-state index >= 15 is 0 Å². The zero-order valence-corrected chi connectivity index (χ0v) is 11.9. The van der Waals surface area contributed by atoms with Gasteiger partial charge in [0.25, 0.3) is 0 Å². The molecule has 3 N–H and O–H groups in total. The Bertz CT molecular complexity index is 493. The lowest BCUT2D eigenvalue weighted by atomic mass is 10.2. The molecule has 5 heteroatoms. The molecule has 0 radical (unpaired) electrons. The van der Waals surface area contributed by atoms with Crippen LogP contribution in [0.25, 0.3) is 0 Å². The molecule has 1 fully saturated rings. The number of piperazine rings is 1. The second-order valence-corrected chi connectivity index (χ2v) is 4.89. The first-order valence-corrected chi connectivity index (χ1v) is 6.94. The Morgan fingerprint density at radius 3 is 2.70 bits per heavy atom. The van der Waals surface area contributed by atoms with Gasteiger partial charge in [-0.25, -0.2) is 0 Å². The van der Waals surface area contributed by atoms with Crippen LogP contribution in [-0.4, -0.2) is 43.5 Å². The highest BCUT2D eigenvalue weighted by Gasteiger charge is 2.18. The third kappa shape index (κ3) is 3.30. The molecule has 1 saturated heterocycles. The lowest BCUT2D eigenvalue weighted by Gasteiger charge is -2.36. The van der Waals surface area contributed by atoms with Crippen LogP contribution in [0.4, 0.5) is 17.1 Å². The number of nitrogen functional groups attached to an aromatic ring is 1. The van der Waals surface area contributed by atoms with Crippen LogP contribution in [0.3, 0.4) is 0 Å². The average Bonchev–Trinajstić information content (AvgIpc) is 2.47. The Morgan fingerprint density at radius 1 is 1.40 bits per heavy atom. The second-order valence-electron chi connectivity index (χ2n) is 4.89. The molecule has 108 valence electrons. The van der Waals surface area contributed by atoms with Gasteiger partial charge in [-0.1, -0.05) is 13.5 Å². The molecule has 1 aromatic carbocycles. The third-order valence-electron chi connectivity index (χ3n) is 3.62. The van der Waals surface area contributed by atoms with Gasteiger partial charge in [-0.05, 0) is 30.8 Å². The van der Waals surface area contributed by atoms with E-state index in [4.69, 9.17) is 5.73 Å². The minimum Gasteiger partial charge on any atom is -0.399 e. The number of hydrogen-bond acceptors (Lipinski definition) is 4. The van der Waals surface area contributed by atoms with Crippen molar-refractivity contribution in [3.8, 4) is 0 Å². The number of carbonyl (C=O) groups excluding carboxylic acids is 1. The van der Waals surface area contributed by atoms with Gasteiger partial charge >= 0.3 is 0 Å². The van der Waals surface area contributed by atoms with Crippen LogP contribution < -0.4 is 16.0 Å². The standard InChI is InChI=1S/C15H22N4O/c1-3-15(20)17-13-11-12(16)5-6-14(13)19-9-7-18(4-2)8-10-19/h3,5-6,11H,1,4,7-10,16H2,2H3,(H,17,20). The van der Waals surface area contributed by atoms with E-state index in [1.54, 1.807) is 6.07 Å². The molecular weight excluding hydrogens is 252 g/mol. The molecule has 0 saturated carbocycles. The monoisotopic (exact) mass is 274 g/mol. The van der Waals surface area contributed by atoms with E-state index in [9.17, 15) is 4.79 Å². The number of nitrogens with one attached hydrogen (secondary N) is 1. The third-order valence-corrected chi connectivity index (χ3v) is 3.62. The number of carbonyl (C=O) groups is 1. The summed E-state index contributed by atoms with van der Waals surface area (Å²) in [6.45, 7) is 10.7. The number of anilines is 3. The van der Waals surface area contributed by atoms with Crippen molar-refractivity contribution in [1.82, 2.24) is 4.90 Å². The highest BCUT2D eigenvalue weighted by molar-refractivity contribution is 6.01. The summed E-state index contributed by atoms with van der Waals surface area (Å²) in [6.07, 6.45) is 1.27. The van der Waals surface area contributed by atoms with E-state index in [-0.39, 0.29) is 5.91 Å². The van der Waals surface area contributed by atoms with Crippen LogP contribution in [0.5, 0.6) is 0 Å². The van der Waals surface area contributed by atoms with Gasteiger partial charge < -0.3 is 20.9 Å². The minimum atomic E-state index is -0.218. The SMILES string of the molecule is C=CC(=O)Nc1cc(N)ccc1N1CCN(CC)CC1. The lowest BCUT2D eigenvalue weighted by molar-refractivity contribution is -0.111. The van der Waals surface area contributed by atoms with Gasteiger partial charge in [-0.3, -0.25) is 4.79 Å². The molecule has 2 rings (SSSR count). The molecule has 0 aliphatic carbocycles. The fraction of sp³-hybridized carbons (Fsp3) is 0.400. The predicted octanol–water partition coefficient (Wildman–Crippen LogP) is 1.54. The Kier molecular flexibility index (Phi) is 4.63. The molecule has 0 bridgehead atoms. The van der Waals surface area contributed by atoms with Crippen LogP contribution in [-0.2, 0) is 4.79 Å². The Labute approximate surface area is 120 Å². The molecule has 0 aromatic heterocycles. The Balaban J connectivity index is 2.18. The molecular formula is C15H22N4O. The molecule has 0 spiro atoms. The lowest BCUT2D eigenvalue weighted by Crippen LogP contribution is -2.46. The zero-order valence-electron chi connectivity index (χ0n) is 11.9. The fourth-order valence-electron chi connectivity index (χ4n) is 2.42. The van der Waals surface area contributed by atoms with E-state index in [1.165, 1.54) is 6.08 Å². The number of nitrogens with zero attached hydrogens (tertiary/aromatic N) is 2. The Hall–Kier alpha value is -2.01. The highest BCUT2D eigenvalue weighted by atomic mass is 16.1. The number of benzene rings is 1. The number of nitrogens with two attached hydrogens (primary N) is 1. The normalized spacial score (nSPS) is 15.9. The number of rotatable bonds is 4. The van der Waals surface area contributed by atoms with E-state index in [2.05, 4.69) is 28.6 Å². The number of hydrogen-bond donors (Lipinski definition) is 2. The largest absolute Gasteiger partial charge is 0.399 e. The first kappa shape index (κ1) is 14.4. The van der Waals surface area contributed by atoms with Crippen molar-refractivity contribution in [2.24, 2.45) is 0 Å². The topological polar surface area (TPSA) is 61.6 Å². The van der Waals surface area contributed by atoms with Crippen LogP contribution in [0.15, 0.2) is 30.9 Å². The van der Waals surface area contributed by atoms with Crippen molar-refractivity contribution in [3.05, 3.63) is 30.9 Å². The minimum absolute atomic E-state index is 0.218. The maximum Gasteiger partial charge on any atom is 0.247 e. The summed E-state index contributed by atoms with van der Waals surface area (Å²) in [5, 5.41) is 2.83. The highest BCUT2D eigenvalue weighted by Crippen LogP contribution is 2.29. The van der Waals surface area contributed by atoms with Crippen molar-refractivity contribution in [2.75, 3.05) is 48.7 Å². The average molecular weight is 274 g/mol. The first-order valence-electron chi connectivity index (χ1n) is 6.94. The smallest absolute Gasteiger partial charge is 0.247 e. The first-order chi connectivity index (χ1) is 9.63. The molecule has 1 aliphatic heterocycles. The Morgan fingerprint density at radius 2 is 2.10 bits per heavy atom. The maximum atomic E-state index is 11.5. The molecule has 0 atom stereocenters. The van der Waals surface area contributed by atoms with Gasteiger partial charge in [0.15, 0.2) is 0 Å². The molecule has 5 nitrogen and oxygen atoms in total. The molecule has 1 aliphatic rings. The van der Waals surface area contributed by atoms with Gasteiger partial charge in [0, 0.05) is 31.9 Å². The maximum absolute atomic E-state index is 11.5. The molecule has 1 aromatic rings. The van der Waals surface area contributed by atoms with E-state index in [0.29, 0.717) is 5.69 Å². The van der Waals surface area contributed by atoms with Crippen LogP contribution in [0.2, 0.25) is 0 Å². The van der Waals surface area contributed by atoms with Crippen molar-refractivity contribution in [1.29, 1.82) is 0 Å². The summed E-state index contributed by atoms with van der Waals surface area (Å²) in [5.74, 6) is -0.218. The van der Waals surface area contributed by atoms with Crippen molar-refractivity contribution in [2.45, 2.75) is 6.92 Å². The van der Waals surface area contributed by atoms with Gasteiger partial charge in [0.2, 0.25) is 5.91 Å². The number of likely N-dealkylation sites (N-methyl/N-ethyl adjacent to an activating group) is 1. The fourth-order valence-corrected chi connectivity index (χ4v) is 2.42. The summed E-state index contributed by atoms with van der Waals surface area (Å²) in [4.78, 5) is 16.2. The summed E-state index contributed by atoms with van der Waals surface area (Å²) in [7, 11) is 0. The van der Waals surface area contributed by atoms with E-state index < -0.39 is 0 Å². The van der Waals surface area contributed by atoms with Gasteiger partial charge in [-0.2, -0.15) is 0 Å². The van der Waals surface area contributed by atoms with Crippen LogP contribution in [0, 0.1) is 0 Å². The molecule has 1 amide bonds. The van der Waals surface area contributed by atoms with E-state index in [0.717, 1.165) is 44.1 Å². The van der Waals surface area contributed by atoms with Crippen LogP contribution in [0.1, 0.15) is 6.92 Å². The van der Waals surface area contributed by atoms with Crippen molar-refractivity contribution < 1.29 is 4.79 Å². The zero-order chi connectivity index (χ0) is 14.5. The molecule has 0 unspecified atom stereocenters. The summed E-state index contributed by atoms with van der Waals surface area (Å²) in [6, 6.07) is 5.63. The van der Waals surface area contributed by atoms with E-state index in [1.807, 2.05) is 12.1 Å². The summed E-state index contributed by atoms with van der Waals surface area (Å²) < 4.78 is 0. The van der Waals surface area contributed by atoms with Gasteiger partial charge in [0.1, 0.15) is 0 Å². The van der Waals surface area contributed by atoms with Gasteiger partial charge in [-0.15, -0.1) is 0 Å². The van der Waals surface area contributed by atoms with Crippen molar-refractivity contribution >= 4 is 23.0 Å². The molecule has 1 heterocycles. The van der Waals surface area contributed by atoms with Crippen LogP contribution >= 0.6 is 0 Å². The second kappa shape index (κ2) is 6.43. The predicted molar refractivity (Wildman–Crippen MR) is 84.0 cm³/mol. The quantitative estimate of drug-likeness (QED) is 0.646. The van der Waals surface area contributed by atoms with Gasteiger partial charge in [0.05, 0.1) is 11.4 Å². The number of amides is 1. The van der Waals surface area contributed by atoms with Crippen molar-refractivity contribution in [3.63, 3.8) is 0 Å². The summed E-state index contributed by atoms with van der Waals surface area (Å²) >= 11 is 0. The summed E-state index contributed by atoms with van der Waals surface area (Å²) in [5.41, 5.74) is 8.22. The molecule has 20 heavy (non-hydrogen) atoms.